The Morgan fingerprint density at radius 2 is 2.30 bits per heavy atom. The summed E-state index contributed by atoms with van der Waals surface area (Å²) >= 11 is 0. The molecule has 1 rings (SSSR count). The standard InChI is InChI=1S/C6H10N2O2/c1-6(2,9-3)5-8-7-4-10-5/h4H,1-3H3. The minimum absolute atomic E-state index is 0.476. The van der Waals surface area contributed by atoms with Crippen molar-refractivity contribution in [3.05, 3.63) is 12.3 Å². The van der Waals surface area contributed by atoms with Crippen LogP contribution in [-0.2, 0) is 10.3 Å². The normalized spacial score (nSPS) is 11.9. The van der Waals surface area contributed by atoms with Gasteiger partial charge in [-0.3, -0.25) is 0 Å². The number of hydrogen-bond donors (Lipinski definition) is 0. The Morgan fingerprint density at radius 3 is 2.70 bits per heavy atom. The molecule has 4 heteroatoms. The van der Waals surface area contributed by atoms with Crippen LogP contribution in [-0.4, -0.2) is 17.3 Å². The Morgan fingerprint density at radius 1 is 1.60 bits per heavy atom. The van der Waals surface area contributed by atoms with Crippen molar-refractivity contribution in [2.75, 3.05) is 7.11 Å². The van der Waals surface area contributed by atoms with Crippen LogP contribution in [0.4, 0.5) is 0 Å². The summed E-state index contributed by atoms with van der Waals surface area (Å²) in [6, 6.07) is 0. The van der Waals surface area contributed by atoms with Crippen LogP contribution in [0.5, 0.6) is 0 Å². The fourth-order valence-corrected chi connectivity index (χ4v) is 0.523. The van der Waals surface area contributed by atoms with E-state index in [0.717, 1.165) is 0 Å². The van der Waals surface area contributed by atoms with Crippen LogP contribution in [0.25, 0.3) is 0 Å². The Kier molecular flexibility index (Phi) is 1.72. The molecule has 0 amide bonds. The third-order valence-electron chi connectivity index (χ3n) is 1.39. The van der Waals surface area contributed by atoms with E-state index in [4.69, 9.17) is 9.15 Å². The molecule has 1 heterocycles. The van der Waals surface area contributed by atoms with Crippen LogP contribution in [0.1, 0.15) is 19.7 Å². The van der Waals surface area contributed by atoms with Gasteiger partial charge in [0.2, 0.25) is 12.3 Å². The molecule has 0 bridgehead atoms. The number of nitrogens with zero attached hydrogens (tertiary/aromatic N) is 2. The molecule has 1 aromatic heterocycles. The minimum Gasteiger partial charge on any atom is -0.425 e. The fraction of sp³-hybridized carbons (Fsp3) is 0.667. The second kappa shape index (κ2) is 2.38. The Labute approximate surface area is 59.2 Å². The van der Waals surface area contributed by atoms with Gasteiger partial charge in [0.05, 0.1) is 0 Å². The third kappa shape index (κ3) is 1.16. The highest BCUT2D eigenvalue weighted by Gasteiger charge is 2.24. The maximum atomic E-state index is 5.09. The predicted molar refractivity (Wildman–Crippen MR) is 34.3 cm³/mol. The maximum absolute atomic E-state index is 5.09. The summed E-state index contributed by atoms with van der Waals surface area (Å²) in [5, 5.41) is 7.26. The highest BCUT2D eigenvalue weighted by molar-refractivity contribution is 4.88. The Bertz CT molecular complexity index is 194. The molecule has 0 unspecified atom stereocenters. The van der Waals surface area contributed by atoms with E-state index in [1.807, 2.05) is 13.8 Å². The fourth-order valence-electron chi connectivity index (χ4n) is 0.523. The van der Waals surface area contributed by atoms with Crippen molar-refractivity contribution in [2.45, 2.75) is 19.4 Å². The van der Waals surface area contributed by atoms with Crippen molar-refractivity contribution >= 4 is 0 Å². The van der Waals surface area contributed by atoms with E-state index in [0.29, 0.717) is 5.89 Å². The van der Waals surface area contributed by atoms with E-state index >= 15 is 0 Å². The quantitative estimate of drug-likeness (QED) is 0.616. The van der Waals surface area contributed by atoms with Gasteiger partial charge >= 0.3 is 0 Å². The second-order valence-corrected chi connectivity index (χ2v) is 2.46. The van der Waals surface area contributed by atoms with Crippen molar-refractivity contribution in [1.82, 2.24) is 10.2 Å². The third-order valence-corrected chi connectivity index (χ3v) is 1.39. The zero-order chi connectivity index (χ0) is 7.61. The van der Waals surface area contributed by atoms with E-state index in [-0.39, 0.29) is 0 Å². The van der Waals surface area contributed by atoms with Crippen LogP contribution in [0.2, 0.25) is 0 Å². The van der Waals surface area contributed by atoms with Gasteiger partial charge in [0, 0.05) is 7.11 Å². The predicted octanol–water partition coefficient (Wildman–Crippen LogP) is 0.951. The van der Waals surface area contributed by atoms with Gasteiger partial charge in [-0.1, -0.05) is 0 Å². The zero-order valence-electron chi connectivity index (χ0n) is 6.29. The average Bonchev–Trinajstić information content (AvgIpc) is 2.38. The van der Waals surface area contributed by atoms with Crippen LogP contribution < -0.4 is 0 Å². The smallest absolute Gasteiger partial charge is 0.247 e. The molecule has 0 spiro atoms. The number of rotatable bonds is 2. The lowest BCUT2D eigenvalue weighted by molar-refractivity contribution is -0.00380. The molecule has 0 aromatic carbocycles. The van der Waals surface area contributed by atoms with Crippen molar-refractivity contribution in [3.63, 3.8) is 0 Å². The number of ether oxygens (including phenoxy) is 1. The lowest BCUT2D eigenvalue weighted by Crippen LogP contribution is -2.19. The lowest BCUT2D eigenvalue weighted by atomic mass is 10.1. The first-order chi connectivity index (χ1) is 4.67. The van der Waals surface area contributed by atoms with E-state index < -0.39 is 5.60 Å². The van der Waals surface area contributed by atoms with Crippen LogP contribution in [0.15, 0.2) is 10.8 Å². The first-order valence-electron chi connectivity index (χ1n) is 2.98. The molecular weight excluding hydrogens is 132 g/mol. The minimum atomic E-state index is -0.476. The van der Waals surface area contributed by atoms with E-state index in [1.165, 1.54) is 6.39 Å². The molecule has 0 fully saturated rings. The van der Waals surface area contributed by atoms with Crippen molar-refractivity contribution in [3.8, 4) is 0 Å². The molecule has 0 saturated heterocycles. The maximum Gasteiger partial charge on any atom is 0.247 e. The van der Waals surface area contributed by atoms with Gasteiger partial charge in [-0.2, -0.15) is 0 Å². The molecule has 0 aliphatic heterocycles. The van der Waals surface area contributed by atoms with E-state index in [2.05, 4.69) is 10.2 Å². The summed E-state index contributed by atoms with van der Waals surface area (Å²) in [5.41, 5.74) is -0.476. The van der Waals surface area contributed by atoms with Crippen molar-refractivity contribution < 1.29 is 9.15 Å². The summed E-state index contributed by atoms with van der Waals surface area (Å²) in [7, 11) is 1.60. The number of hydrogen-bond acceptors (Lipinski definition) is 4. The lowest BCUT2D eigenvalue weighted by Gasteiger charge is -2.16. The summed E-state index contributed by atoms with van der Waals surface area (Å²) < 4.78 is 10.0. The van der Waals surface area contributed by atoms with Crippen molar-refractivity contribution in [1.29, 1.82) is 0 Å². The molecule has 0 N–H and O–H groups in total. The largest absolute Gasteiger partial charge is 0.425 e. The molecule has 10 heavy (non-hydrogen) atoms. The monoisotopic (exact) mass is 142 g/mol. The van der Waals surface area contributed by atoms with Crippen LogP contribution >= 0.6 is 0 Å². The molecule has 0 saturated carbocycles. The van der Waals surface area contributed by atoms with Gasteiger partial charge in [0.1, 0.15) is 5.60 Å². The molecule has 0 radical (unpaired) electrons. The van der Waals surface area contributed by atoms with Gasteiger partial charge in [0.15, 0.2) is 0 Å². The Balaban J connectivity index is 2.85. The average molecular weight is 142 g/mol. The summed E-state index contributed by atoms with van der Waals surface area (Å²) in [6.07, 6.45) is 1.29. The van der Waals surface area contributed by atoms with Gasteiger partial charge in [-0.25, -0.2) is 0 Å². The number of methoxy groups -OCH3 is 1. The summed E-state index contributed by atoms with van der Waals surface area (Å²) in [4.78, 5) is 0. The molecule has 0 atom stereocenters. The molecule has 0 aliphatic rings. The van der Waals surface area contributed by atoms with E-state index in [9.17, 15) is 0 Å². The molecule has 0 aliphatic carbocycles. The Hall–Kier alpha value is -0.900. The van der Waals surface area contributed by atoms with Crippen LogP contribution in [0.3, 0.4) is 0 Å². The number of aromatic nitrogens is 2. The molecule has 1 aromatic rings. The first-order valence-corrected chi connectivity index (χ1v) is 2.98. The van der Waals surface area contributed by atoms with Gasteiger partial charge in [0.25, 0.3) is 0 Å². The summed E-state index contributed by atoms with van der Waals surface area (Å²) in [6.45, 7) is 3.72. The second-order valence-electron chi connectivity index (χ2n) is 2.46. The summed E-state index contributed by atoms with van der Waals surface area (Å²) in [5.74, 6) is 0.495. The van der Waals surface area contributed by atoms with Crippen LogP contribution in [0, 0.1) is 0 Å². The molecule has 4 nitrogen and oxygen atoms in total. The molecular formula is C6H10N2O2. The van der Waals surface area contributed by atoms with Gasteiger partial charge in [-0.15, -0.1) is 10.2 Å². The zero-order valence-corrected chi connectivity index (χ0v) is 6.29. The van der Waals surface area contributed by atoms with Gasteiger partial charge in [-0.05, 0) is 13.8 Å². The van der Waals surface area contributed by atoms with E-state index in [1.54, 1.807) is 7.11 Å². The first kappa shape index (κ1) is 7.21. The highest BCUT2D eigenvalue weighted by Crippen LogP contribution is 2.20. The van der Waals surface area contributed by atoms with Gasteiger partial charge < -0.3 is 9.15 Å². The topological polar surface area (TPSA) is 48.2 Å². The molecule has 56 valence electrons. The van der Waals surface area contributed by atoms with Crippen molar-refractivity contribution in [2.24, 2.45) is 0 Å². The highest BCUT2D eigenvalue weighted by atomic mass is 16.5. The SMILES string of the molecule is COC(C)(C)c1nnco1.